The lowest BCUT2D eigenvalue weighted by atomic mass is 10.3. The summed E-state index contributed by atoms with van der Waals surface area (Å²) < 4.78 is 1.09. The molecule has 2 N–H and O–H groups in total. The van der Waals surface area contributed by atoms with Crippen molar-refractivity contribution in [2.75, 3.05) is 6.54 Å². The maximum Gasteiger partial charge on any atom is 0.0561 e. The van der Waals surface area contributed by atoms with Gasteiger partial charge in [-0.3, -0.25) is 0 Å². The smallest absolute Gasteiger partial charge is 0.0561 e. The number of hydrogen-bond donors (Lipinski definition) is 1. The molecule has 18 heavy (non-hydrogen) atoms. The van der Waals surface area contributed by atoms with Crippen LogP contribution in [-0.2, 0) is 0 Å². The molecular formula is C12H10BrCl2NS2. The minimum Gasteiger partial charge on any atom is -0.329 e. The second-order valence-electron chi connectivity index (χ2n) is 3.61. The Balaban J connectivity index is 2.20. The molecule has 0 bridgehead atoms. The predicted octanol–water partition coefficient (Wildman–Crippen LogP) is 5.61. The van der Waals surface area contributed by atoms with Gasteiger partial charge in [0.25, 0.3) is 0 Å². The van der Waals surface area contributed by atoms with E-state index in [0.29, 0.717) is 16.6 Å². The fourth-order valence-electron chi connectivity index (χ4n) is 1.48. The molecule has 1 aromatic heterocycles. The van der Waals surface area contributed by atoms with Gasteiger partial charge in [-0.05, 0) is 40.2 Å². The van der Waals surface area contributed by atoms with Crippen LogP contribution in [0.1, 0.15) is 10.1 Å². The lowest BCUT2D eigenvalue weighted by molar-refractivity contribution is 0.960. The molecule has 1 heterocycles. The van der Waals surface area contributed by atoms with Gasteiger partial charge in [-0.25, -0.2) is 0 Å². The van der Waals surface area contributed by atoms with Crippen molar-refractivity contribution in [3.05, 3.63) is 49.0 Å². The number of nitrogens with two attached hydrogens (primary N) is 1. The van der Waals surface area contributed by atoms with Crippen molar-refractivity contribution in [1.29, 1.82) is 0 Å². The maximum absolute atomic E-state index is 5.99. The van der Waals surface area contributed by atoms with E-state index in [2.05, 4.69) is 27.4 Å². The van der Waals surface area contributed by atoms with Crippen LogP contribution >= 0.6 is 62.2 Å². The van der Waals surface area contributed by atoms with Gasteiger partial charge in [0, 0.05) is 36.2 Å². The van der Waals surface area contributed by atoms with E-state index in [1.807, 2.05) is 12.1 Å². The van der Waals surface area contributed by atoms with Crippen LogP contribution in [0.4, 0.5) is 0 Å². The van der Waals surface area contributed by atoms with Gasteiger partial charge in [-0.2, -0.15) is 0 Å². The minimum absolute atomic E-state index is 0.218. The highest BCUT2D eigenvalue weighted by atomic mass is 79.9. The highest BCUT2D eigenvalue weighted by molar-refractivity contribution is 9.10. The van der Waals surface area contributed by atoms with Crippen LogP contribution in [0, 0.1) is 0 Å². The van der Waals surface area contributed by atoms with Crippen LogP contribution in [0.2, 0.25) is 10.0 Å². The number of thiophene rings is 1. The second kappa shape index (κ2) is 6.64. The maximum atomic E-state index is 5.99. The van der Waals surface area contributed by atoms with Crippen molar-refractivity contribution in [2.45, 2.75) is 10.1 Å². The minimum atomic E-state index is 0.218. The van der Waals surface area contributed by atoms with Gasteiger partial charge in [0.1, 0.15) is 0 Å². The quantitative estimate of drug-likeness (QED) is 0.695. The zero-order valence-electron chi connectivity index (χ0n) is 9.20. The van der Waals surface area contributed by atoms with Crippen molar-refractivity contribution in [3.63, 3.8) is 0 Å². The number of thioether (sulfide) groups is 1. The molecule has 0 amide bonds. The molecule has 1 unspecified atom stereocenters. The molecule has 0 spiro atoms. The summed E-state index contributed by atoms with van der Waals surface area (Å²) in [5.41, 5.74) is 5.84. The highest BCUT2D eigenvalue weighted by Crippen LogP contribution is 2.39. The molecule has 6 heteroatoms. The van der Waals surface area contributed by atoms with E-state index in [-0.39, 0.29) is 5.25 Å². The fraction of sp³-hybridized carbons (Fsp3) is 0.167. The Hall–Kier alpha value is 0.290. The van der Waals surface area contributed by atoms with Gasteiger partial charge in [-0.1, -0.05) is 23.2 Å². The molecule has 96 valence electrons. The summed E-state index contributed by atoms with van der Waals surface area (Å²) in [4.78, 5) is 2.28. The average molecular weight is 383 g/mol. The molecule has 1 nitrogen and oxygen atoms in total. The van der Waals surface area contributed by atoms with Crippen molar-refractivity contribution >= 4 is 62.2 Å². The van der Waals surface area contributed by atoms with E-state index in [1.165, 1.54) is 4.88 Å². The van der Waals surface area contributed by atoms with Gasteiger partial charge in [0.05, 0.1) is 5.25 Å². The van der Waals surface area contributed by atoms with E-state index in [9.17, 15) is 0 Å². The molecule has 1 atom stereocenters. The number of halogens is 3. The second-order valence-corrected chi connectivity index (χ2v) is 7.62. The van der Waals surface area contributed by atoms with Crippen LogP contribution in [0.25, 0.3) is 0 Å². The largest absolute Gasteiger partial charge is 0.329 e. The van der Waals surface area contributed by atoms with Gasteiger partial charge < -0.3 is 5.73 Å². The van der Waals surface area contributed by atoms with Crippen LogP contribution in [-0.4, -0.2) is 6.54 Å². The van der Waals surface area contributed by atoms with E-state index >= 15 is 0 Å². The molecule has 0 saturated heterocycles. The lowest BCUT2D eigenvalue weighted by Crippen LogP contribution is -2.07. The SMILES string of the molecule is NCC(Sc1cc(Cl)cc(Cl)c1)c1cc(Br)cs1. The Bertz CT molecular complexity index is 524. The fourth-order valence-corrected chi connectivity index (χ4v) is 4.88. The van der Waals surface area contributed by atoms with Crippen LogP contribution in [0.15, 0.2) is 39.0 Å². The van der Waals surface area contributed by atoms with Gasteiger partial charge in [0.15, 0.2) is 0 Å². The third-order valence-corrected chi connectivity index (χ3v) is 5.87. The van der Waals surface area contributed by atoms with E-state index < -0.39 is 0 Å². The molecule has 2 rings (SSSR count). The van der Waals surface area contributed by atoms with Crippen molar-refractivity contribution in [2.24, 2.45) is 5.73 Å². The average Bonchev–Trinajstić information content (AvgIpc) is 2.71. The standard InChI is InChI=1S/C12H10BrCl2NS2/c13-7-1-11(17-6-7)12(5-16)18-10-3-8(14)2-9(15)4-10/h1-4,6,12H,5,16H2. The number of hydrogen-bond acceptors (Lipinski definition) is 3. The summed E-state index contributed by atoms with van der Waals surface area (Å²) in [5.74, 6) is 0. The molecular weight excluding hydrogens is 373 g/mol. The Kier molecular flexibility index (Phi) is 5.42. The number of rotatable bonds is 4. The zero-order chi connectivity index (χ0) is 13.1. The Morgan fingerprint density at radius 1 is 1.22 bits per heavy atom. The Labute approximate surface area is 133 Å². The molecule has 0 saturated carbocycles. The summed E-state index contributed by atoms with van der Waals surface area (Å²) in [6, 6.07) is 7.64. The Morgan fingerprint density at radius 3 is 2.39 bits per heavy atom. The topological polar surface area (TPSA) is 26.0 Å². The van der Waals surface area contributed by atoms with Crippen molar-refractivity contribution in [3.8, 4) is 0 Å². The monoisotopic (exact) mass is 381 g/mol. The van der Waals surface area contributed by atoms with Crippen molar-refractivity contribution in [1.82, 2.24) is 0 Å². The van der Waals surface area contributed by atoms with Crippen LogP contribution in [0.3, 0.4) is 0 Å². The predicted molar refractivity (Wildman–Crippen MR) is 86.1 cm³/mol. The highest BCUT2D eigenvalue weighted by Gasteiger charge is 2.14. The van der Waals surface area contributed by atoms with E-state index in [4.69, 9.17) is 28.9 Å². The molecule has 0 aliphatic heterocycles. The molecule has 0 aliphatic rings. The first kappa shape index (κ1) is 14.7. The summed E-state index contributed by atoms with van der Waals surface area (Å²) in [5, 5.41) is 3.57. The molecule has 1 aromatic carbocycles. The van der Waals surface area contributed by atoms with Gasteiger partial charge >= 0.3 is 0 Å². The molecule has 0 aliphatic carbocycles. The molecule has 0 radical (unpaired) electrons. The first-order valence-corrected chi connectivity index (χ1v) is 8.46. The van der Waals surface area contributed by atoms with Crippen molar-refractivity contribution < 1.29 is 0 Å². The van der Waals surface area contributed by atoms with Crippen LogP contribution < -0.4 is 5.73 Å². The van der Waals surface area contributed by atoms with Gasteiger partial charge in [-0.15, -0.1) is 23.1 Å². The summed E-state index contributed by atoms with van der Waals surface area (Å²) in [6.45, 7) is 0.571. The van der Waals surface area contributed by atoms with Gasteiger partial charge in [0.2, 0.25) is 0 Å². The molecule has 0 fully saturated rings. The van der Waals surface area contributed by atoms with E-state index in [1.54, 1.807) is 29.2 Å². The lowest BCUT2D eigenvalue weighted by Gasteiger charge is -2.13. The first-order chi connectivity index (χ1) is 8.58. The summed E-state index contributed by atoms with van der Waals surface area (Å²) in [7, 11) is 0. The van der Waals surface area contributed by atoms with E-state index in [0.717, 1.165) is 9.37 Å². The summed E-state index contributed by atoms with van der Waals surface area (Å²) >= 11 is 18.8. The summed E-state index contributed by atoms with van der Waals surface area (Å²) in [6.07, 6.45) is 0. The zero-order valence-corrected chi connectivity index (χ0v) is 13.9. The third-order valence-electron chi connectivity index (χ3n) is 2.23. The first-order valence-electron chi connectivity index (χ1n) is 5.15. The molecule has 2 aromatic rings. The normalized spacial score (nSPS) is 12.7. The van der Waals surface area contributed by atoms with Crippen LogP contribution in [0.5, 0.6) is 0 Å². The Morgan fingerprint density at radius 2 is 1.89 bits per heavy atom. The third kappa shape index (κ3) is 3.89. The number of benzene rings is 1.